The molecule has 7 nitrogen and oxygen atoms in total. The summed E-state index contributed by atoms with van der Waals surface area (Å²) in [4.78, 5) is 25.1. The van der Waals surface area contributed by atoms with Crippen molar-refractivity contribution < 1.29 is 19.1 Å². The van der Waals surface area contributed by atoms with E-state index in [-0.39, 0.29) is 11.5 Å². The van der Waals surface area contributed by atoms with Crippen LogP contribution in [0.1, 0.15) is 33.2 Å². The number of carbonyl (C=O) groups excluding carboxylic acids is 2. The lowest BCUT2D eigenvalue weighted by atomic mass is 10.2. The summed E-state index contributed by atoms with van der Waals surface area (Å²) in [5.41, 5.74) is 3.72. The molecule has 0 saturated carbocycles. The molecule has 2 N–H and O–H groups in total. The van der Waals surface area contributed by atoms with Crippen LogP contribution in [0.25, 0.3) is 0 Å². The van der Waals surface area contributed by atoms with Crippen LogP contribution < -0.4 is 20.2 Å². The number of hydrogen-bond donors (Lipinski definition) is 2. The molecule has 3 aromatic carbocycles. The van der Waals surface area contributed by atoms with Crippen molar-refractivity contribution in [2.75, 3.05) is 6.54 Å². The molecule has 0 heterocycles. The van der Waals surface area contributed by atoms with Crippen LogP contribution >= 0.6 is 35.4 Å². The van der Waals surface area contributed by atoms with E-state index in [0.717, 1.165) is 0 Å². The largest absolute Gasteiger partial charge is 0.423 e. The third-order valence-electron chi connectivity index (χ3n) is 4.27. The van der Waals surface area contributed by atoms with Gasteiger partial charge in [0.25, 0.3) is 0 Å². The Morgan fingerprint density at radius 2 is 1.47 bits per heavy atom. The Morgan fingerprint density at radius 3 is 2.03 bits per heavy atom. The third-order valence-corrected chi connectivity index (χ3v) is 5.00. The van der Waals surface area contributed by atoms with E-state index in [0.29, 0.717) is 38.4 Å². The number of benzene rings is 3. The van der Waals surface area contributed by atoms with Gasteiger partial charge in [0.05, 0.1) is 17.3 Å². The Morgan fingerprint density at radius 1 is 0.912 bits per heavy atom. The molecule has 34 heavy (non-hydrogen) atoms. The predicted octanol–water partition coefficient (Wildman–Crippen LogP) is 5.25. The van der Waals surface area contributed by atoms with Crippen LogP contribution in [0.3, 0.4) is 0 Å². The summed E-state index contributed by atoms with van der Waals surface area (Å²) in [5.74, 6) is -0.914. The van der Waals surface area contributed by atoms with Gasteiger partial charge in [-0.15, -0.1) is 0 Å². The van der Waals surface area contributed by atoms with Crippen molar-refractivity contribution in [3.63, 3.8) is 0 Å². The first-order chi connectivity index (χ1) is 16.4. The number of nitrogens with zero attached hydrogens (tertiary/aromatic N) is 1. The van der Waals surface area contributed by atoms with Crippen LogP contribution in [0.4, 0.5) is 0 Å². The maximum atomic E-state index is 12.7. The van der Waals surface area contributed by atoms with E-state index in [2.05, 4.69) is 15.8 Å². The van der Waals surface area contributed by atoms with Gasteiger partial charge in [0.2, 0.25) is 0 Å². The van der Waals surface area contributed by atoms with Crippen molar-refractivity contribution in [2.24, 2.45) is 5.10 Å². The Bertz CT molecular complexity index is 1220. The van der Waals surface area contributed by atoms with Gasteiger partial charge >= 0.3 is 11.9 Å². The topological polar surface area (TPSA) is 89.0 Å². The van der Waals surface area contributed by atoms with Gasteiger partial charge in [-0.3, -0.25) is 5.43 Å². The van der Waals surface area contributed by atoms with Crippen molar-refractivity contribution in [3.05, 3.63) is 93.5 Å². The highest BCUT2D eigenvalue weighted by molar-refractivity contribution is 7.80. The molecule has 0 atom stereocenters. The molecule has 0 radical (unpaired) electrons. The second kappa shape index (κ2) is 12.1. The van der Waals surface area contributed by atoms with Crippen molar-refractivity contribution in [2.45, 2.75) is 6.92 Å². The number of halogens is 2. The van der Waals surface area contributed by atoms with Crippen LogP contribution in [0.2, 0.25) is 10.0 Å². The van der Waals surface area contributed by atoms with Crippen LogP contribution in [0.15, 0.2) is 71.8 Å². The molecule has 3 aromatic rings. The molecule has 0 amide bonds. The average Bonchev–Trinajstić information content (AvgIpc) is 2.81. The van der Waals surface area contributed by atoms with Gasteiger partial charge < -0.3 is 14.8 Å². The summed E-state index contributed by atoms with van der Waals surface area (Å²) in [7, 11) is 0. The molecule has 0 unspecified atom stereocenters. The fourth-order valence-corrected chi connectivity index (χ4v) is 3.08. The number of hydrazone groups is 1. The number of nitrogens with one attached hydrogen (secondary N) is 2. The molecular weight excluding hydrogens is 497 g/mol. The number of ether oxygens (including phenoxy) is 2. The number of rotatable bonds is 7. The lowest BCUT2D eigenvalue weighted by molar-refractivity contribution is 0.0732. The minimum absolute atomic E-state index is 0.126. The van der Waals surface area contributed by atoms with E-state index in [9.17, 15) is 9.59 Å². The monoisotopic (exact) mass is 515 g/mol. The van der Waals surface area contributed by atoms with Gasteiger partial charge in [0, 0.05) is 28.2 Å². The molecule has 174 valence electrons. The molecule has 0 aliphatic carbocycles. The first kappa shape index (κ1) is 25.2. The zero-order chi connectivity index (χ0) is 24.5. The Balaban J connectivity index is 1.84. The SMILES string of the molecule is CCNC(=S)N/N=C\c1ccc(OC(=O)c2ccc(Cl)cc2)cc1OC(=O)c1ccc(Cl)cc1. The summed E-state index contributed by atoms with van der Waals surface area (Å²) in [5, 5.41) is 8.28. The molecule has 0 aliphatic heterocycles. The van der Waals surface area contributed by atoms with E-state index >= 15 is 0 Å². The van der Waals surface area contributed by atoms with Crippen LogP contribution in [-0.2, 0) is 0 Å². The highest BCUT2D eigenvalue weighted by Gasteiger charge is 2.15. The highest BCUT2D eigenvalue weighted by atomic mass is 35.5. The maximum Gasteiger partial charge on any atom is 0.343 e. The van der Waals surface area contributed by atoms with E-state index in [1.54, 1.807) is 60.7 Å². The number of esters is 2. The molecule has 0 aromatic heterocycles. The molecule has 0 spiro atoms. The van der Waals surface area contributed by atoms with Crippen molar-refractivity contribution in [1.29, 1.82) is 0 Å². The molecule has 0 aliphatic rings. The van der Waals surface area contributed by atoms with Crippen LogP contribution in [-0.4, -0.2) is 29.8 Å². The minimum atomic E-state index is -0.622. The molecule has 10 heteroatoms. The molecule has 0 saturated heterocycles. The zero-order valence-electron chi connectivity index (χ0n) is 17.9. The quantitative estimate of drug-likeness (QED) is 0.146. The van der Waals surface area contributed by atoms with Gasteiger partial charge in [-0.1, -0.05) is 23.2 Å². The summed E-state index contributed by atoms with van der Waals surface area (Å²) in [6.45, 7) is 2.54. The van der Waals surface area contributed by atoms with E-state index in [1.165, 1.54) is 12.3 Å². The van der Waals surface area contributed by atoms with Crippen LogP contribution in [0.5, 0.6) is 11.5 Å². The Labute approximate surface area is 211 Å². The van der Waals surface area contributed by atoms with Crippen LogP contribution in [0, 0.1) is 0 Å². The normalized spacial score (nSPS) is 10.6. The summed E-state index contributed by atoms with van der Waals surface area (Å²) in [6, 6.07) is 17.1. The Kier molecular flexibility index (Phi) is 8.98. The zero-order valence-corrected chi connectivity index (χ0v) is 20.2. The predicted molar refractivity (Wildman–Crippen MR) is 136 cm³/mol. The highest BCUT2D eigenvalue weighted by Crippen LogP contribution is 2.26. The standard InChI is InChI=1S/C24H19Cl2N3O4S/c1-2-27-24(34)29-28-14-17-7-12-20(32-22(30)15-3-8-18(25)9-4-15)13-21(17)33-23(31)16-5-10-19(26)11-6-16/h3-14H,2H2,1H3,(H2,27,29,34)/b28-14-. The van der Waals surface area contributed by atoms with Gasteiger partial charge in [0.1, 0.15) is 11.5 Å². The van der Waals surface area contributed by atoms with Crippen molar-refractivity contribution in [1.82, 2.24) is 10.7 Å². The van der Waals surface area contributed by atoms with Crippen molar-refractivity contribution >= 4 is 58.7 Å². The summed E-state index contributed by atoms with van der Waals surface area (Å²) in [6.07, 6.45) is 1.43. The molecule has 0 fully saturated rings. The molecule has 3 rings (SSSR count). The summed E-state index contributed by atoms with van der Waals surface area (Å²) >= 11 is 16.8. The fourth-order valence-electron chi connectivity index (χ4n) is 2.63. The second-order valence-electron chi connectivity index (χ2n) is 6.72. The van der Waals surface area contributed by atoms with Gasteiger partial charge in [0.15, 0.2) is 5.11 Å². The fraction of sp³-hybridized carbons (Fsp3) is 0.0833. The number of carbonyl (C=O) groups is 2. The Hall–Kier alpha value is -3.46. The first-order valence-electron chi connectivity index (χ1n) is 10.0. The second-order valence-corrected chi connectivity index (χ2v) is 8.00. The van der Waals surface area contributed by atoms with Gasteiger partial charge in [-0.05, 0) is 79.8 Å². The van der Waals surface area contributed by atoms with E-state index in [4.69, 9.17) is 44.9 Å². The lowest BCUT2D eigenvalue weighted by Gasteiger charge is -2.11. The third kappa shape index (κ3) is 7.28. The van der Waals surface area contributed by atoms with Crippen molar-refractivity contribution in [3.8, 4) is 11.5 Å². The van der Waals surface area contributed by atoms with Gasteiger partial charge in [-0.2, -0.15) is 5.10 Å². The molecular formula is C24H19Cl2N3O4S. The van der Waals surface area contributed by atoms with E-state index < -0.39 is 11.9 Å². The number of hydrogen-bond acceptors (Lipinski definition) is 6. The first-order valence-corrected chi connectivity index (χ1v) is 11.2. The van der Waals surface area contributed by atoms with E-state index in [1.807, 2.05) is 6.92 Å². The number of thiocarbonyl (C=S) groups is 1. The minimum Gasteiger partial charge on any atom is -0.423 e. The smallest absolute Gasteiger partial charge is 0.343 e. The summed E-state index contributed by atoms with van der Waals surface area (Å²) < 4.78 is 11.0. The average molecular weight is 516 g/mol. The van der Waals surface area contributed by atoms with Gasteiger partial charge in [-0.25, -0.2) is 9.59 Å². The maximum absolute atomic E-state index is 12.7. The molecule has 0 bridgehead atoms. The lowest BCUT2D eigenvalue weighted by Crippen LogP contribution is -2.31.